The largest absolute Gasteiger partial charge is 0.460 e. The lowest BCUT2D eigenvalue weighted by Gasteiger charge is -2.21. The van der Waals surface area contributed by atoms with E-state index >= 15 is 0 Å². The van der Waals surface area contributed by atoms with E-state index in [-0.39, 0.29) is 64.0 Å². The summed E-state index contributed by atoms with van der Waals surface area (Å²) in [6.45, 7) is 2.14. The van der Waals surface area contributed by atoms with Crippen LogP contribution in [0.15, 0.2) is 88.5 Å². The Morgan fingerprint density at radius 1 is 0.481 bits per heavy atom. The average molecular weight is 814 g/mol. The normalized spacial score (nSPS) is 10.8. The van der Waals surface area contributed by atoms with Gasteiger partial charge < -0.3 is 28.4 Å². The SMILES string of the molecule is O=C(OCCOCCOC(=O)N(Cc1cccs1)Cc1cccs1)c1cncc(C(=O)OCCOCCOC(=O)N(Cc2cccs2)Cc2cccs2)c1. The second-order valence-electron chi connectivity index (χ2n) is 11.2. The Labute approximate surface area is 328 Å². The number of carbonyl (C=O) groups is 4. The maximum Gasteiger partial charge on any atom is 0.410 e. The van der Waals surface area contributed by atoms with Gasteiger partial charge in [-0.3, -0.25) is 14.8 Å². The first-order chi connectivity index (χ1) is 26.4. The molecule has 5 rings (SSSR count). The molecule has 54 heavy (non-hydrogen) atoms. The van der Waals surface area contributed by atoms with E-state index in [2.05, 4.69) is 4.98 Å². The molecule has 0 atom stereocenters. The van der Waals surface area contributed by atoms with E-state index in [0.717, 1.165) is 19.5 Å². The molecule has 0 N–H and O–H groups in total. The monoisotopic (exact) mass is 813 g/mol. The van der Waals surface area contributed by atoms with Crippen molar-refractivity contribution >= 4 is 69.5 Å². The van der Waals surface area contributed by atoms with Crippen molar-refractivity contribution in [2.75, 3.05) is 52.9 Å². The smallest absolute Gasteiger partial charge is 0.410 e. The lowest BCUT2D eigenvalue weighted by Crippen LogP contribution is -2.31. The summed E-state index contributed by atoms with van der Waals surface area (Å²) in [6, 6.07) is 17.0. The van der Waals surface area contributed by atoms with Crippen LogP contribution in [0.25, 0.3) is 0 Å². The molecule has 0 aromatic carbocycles. The van der Waals surface area contributed by atoms with E-state index in [1.54, 1.807) is 55.1 Å². The number of nitrogens with zero attached hydrogens (tertiary/aromatic N) is 3. The molecule has 5 aromatic heterocycles. The third-order valence-electron chi connectivity index (χ3n) is 7.26. The second-order valence-corrected chi connectivity index (χ2v) is 15.3. The number of carbonyl (C=O) groups excluding carboxylic acids is 4. The summed E-state index contributed by atoms with van der Waals surface area (Å²) in [7, 11) is 0. The predicted octanol–water partition coefficient (Wildman–Crippen LogP) is 7.35. The molecule has 0 aliphatic rings. The topological polar surface area (TPSA) is 143 Å². The van der Waals surface area contributed by atoms with Crippen LogP contribution < -0.4 is 0 Å². The van der Waals surface area contributed by atoms with Gasteiger partial charge in [0.15, 0.2) is 0 Å². The molecule has 13 nitrogen and oxygen atoms in total. The molecule has 286 valence electrons. The van der Waals surface area contributed by atoms with Crippen molar-refractivity contribution in [1.29, 1.82) is 0 Å². The molecule has 0 bridgehead atoms. The molecule has 0 saturated heterocycles. The van der Waals surface area contributed by atoms with Gasteiger partial charge in [0, 0.05) is 31.9 Å². The molecule has 17 heteroatoms. The molecular formula is C37H39N3O10S4. The van der Waals surface area contributed by atoms with Crippen molar-refractivity contribution < 1.29 is 47.6 Å². The van der Waals surface area contributed by atoms with Gasteiger partial charge in [0.05, 0.1) is 63.7 Å². The first-order valence-corrected chi connectivity index (χ1v) is 20.3. The van der Waals surface area contributed by atoms with E-state index in [0.29, 0.717) is 26.2 Å². The number of ether oxygens (including phenoxy) is 6. The summed E-state index contributed by atoms with van der Waals surface area (Å²) >= 11 is 6.29. The van der Waals surface area contributed by atoms with E-state index in [4.69, 9.17) is 28.4 Å². The summed E-state index contributed by atoms with van der Waals surface area (Å²) in [5.41, 5.74) is 0.139. The fourth-order valence-corrected chi connectivity index (χ4v) is 7.59. The predicted molar refractivity (Wildman–Crippen MR) is 205 cm³/mol. The zero-order chi connectivity index (χ0) is 37.8. The highest BCUT2D eigenvalue weighted by Crippen LogP contribution is 2.19. The van der Waals surface area contributed by atoms with Gasteiger partial charge in [0.25, 0.3) is 0 Å². The minimum Gasteiger partial charge on any atom is -0.460 e. The van der Waals surface area contributed by atoms with Crippen molar-refractivity contribution in [3.63, 3.8) is 0 Å². The molecule has 0 aliphatic carbocycles. The van der Waals surface area contributed by atoms with Crippen LogP contribution in [0.1, 0.15) is 40.2 Å². The van der Waals surface area contributed by atoms with Gasteiger partial charge in [-0.1, -0.05) is 24.3 Å². The minimum absolute atomic E-state index is 0.0378. The lowest BCUT2D eigenvalue weighted by molar-refractivity contribution is 0.0194. The Hall–Kier alpha value is -4.65. The van der Waals surface area contributed by atoms with Gasteiger partial charge in [-0.15, -0.1) is 45.3 Å². The van der Waals surface area contributed by atoms with Crippen LogP contribution in [0.2, 0.25) is 0 Å². The third kappa shape index (κ3) is 14.0. The number of pyridine rings is 1. The molecule has 0 saturated carbocycles. The summed E-state index contributed by atoms with van der Waals surface area (Å²) in [5, 5.41) is 7.86. The third-order valence-corrected chi connectivity index (χ3v) is 10.7. The molecule has 0 fully saturated rings. The summed E-state index contributed by atoms with van der Waals surface area (Å²) < 4.78 is 32.2. The second kappa shape index (κ2) is 22.5. The number of amides is 2. The maximum absolute atomic E-state index is 12.8. The number of thiophene rings is 4. The zero-order valence-corrected chi connectivity index (χ0v) is 32.5. The standard InChI is InChI=1S/C37H39N3O10S4/c41-34(47-13-9-45-11-15-49-36(43)39(24-30-5-1-17-51-30)25-31-6-2-18-52-31)28-21-29(23-38-22-28)35(42)48-14-10-46-12-16-50-37(44)40(26-32-7-3-19-53-32)27-33-8-4-20-54-33/h1-8,17-23H,9-16,24-27H2. The summed E-state index contributed by atoms with van der Waals surface area (Å²) in [5.74, 6) is -1.38. The molecule has 0 radical (unpaired) electrons. The van der Waals surface area contributed by atoms with E-state index < -0.39 is 24.1 Å². The first-order valence-electron chi connectivity index (χ1n) is 16.8. The Morgan fingerprint density at radius 3 is 1.13 bits per heavy atom. The van der Waals surface area contributed by atoms with Gasteiger partial charge in [0.2, 0.25) is 0 Å². The molecule has 0 spiro atoms. The number of aromatic nitrogens is 1. The van der Waals surface area contributed by atoms with Crippen molar-refractivity contribution in [3.05, 3.63) is 119 Å². The van der Waals surface area contributed by atoms with Crippen molar-refractivity contribution in [2.45, 2.75) is 26.2 Å². The van der Waals surface area contributed by atoms with Gasteiger partial charge in [-0.2, -0.15) is 0 Å². The highest BCUT2D eigenvalue weighted by atomic mass is 32.1. The van der Waals surface area contributed by atoms with Crippen molar-refractivity contribution in [3.8, 4) is 0 Å². The van der Waals surface area contributed by atoms with E-state index in [1.165, 1.54) is 18.5 Å². The van der Waals surface area contributed by atoms with Crippen LogP contribution in [-0.2, 0) is 54.6 Å². The van der Waals surface area contributed by atoms with Gasteiger partial charge in [-0.05, 0) is 51.9 Å². The Kier molecular flexibility index (Phi) is 16.9. The molecule has 0 unspecified atom stereocenters. The summed E-state index contributed by atoms with van der Waals surface area (Å²) in [6.07, 6.45) is 1.68. The number of rotatable bonds is 22. The first kappa shape index (κ1) is 40.5. The number of hydrogen-bond donors (Lipinski definition) is 0. The lowest BCUT2D eigenvalue weighted by atomic mass is 10.2. The minimum atomic E-state index is -0.688. The van der Waals surface area contributed by atoms with Crippen LogP contribution in [0.5, 0.6) is 0 Å². The van der Waals surface area contributed by atoms with Gasteiger partial charge >= 0.3 is 24.1 Å². The van der Waals surface area contributed by atoms with Crippen LogP contribution in [-0.4, -0.2) is 91.8 Å². The van der Waals surface area contributed by atoms with Crippen molar-refractivity contribution in [2.24, 2.45) is 0 Å². The highest BCUT2D eigenvalue weighted by Gasteiger charge is 2.19. The fourth-order valence-electron chi connectivity index (χ4n) is 4.71. The average Bonchev–Trinajstić information content (AvgIpc) is 4.04. The zero-order valence-electron chi connectivity index (χ0n) is 29.2. The molecule has 5 aromatic rings. The van der Waals surface area contributed by atoms with Gasteiger partial charge in [-0.25, -0.2) is 19.2 Å². The quantitative estimate of drug-likeness (QED) is 0.0393. The fraction of sp³-hybridized carbons (Fsp3) is 0.324. The van der Waals surface area contributed by atoms with Crippen LogP contribution in [0, 0.1) is 0 Å². The Bertz CT molecular complexity index is 1630. The van der Waals surface area contributed by atoms with Crippen LogP contribution in [0.4, 0.5) is 9.59 Å². The molecule has 2 amide bonds. The highest BCUT2D eigenvalue weighted by molar-refractivity contribution is 7.10. The Morgan fingerprint density at radius 2 is 0.815 bits per heavy atom. The molecule has 5 heterocycles. The van der Waals surface area contributed by atoms with Gasteiger partial charge in [0.1, 0.15) is 26.4 Å². The van der Waals surface area contributed by atoms with Crippen molar-refractivity contribution in [1.82, 2.24) is 14.8 Å². The maximum atomic E-state index is 12.8. The van der Waals surface area contributed by atoms with Crippen LogP contribution >= 0.6 is 45.3 Å². The number of esters is 2. The molecular weight excluding hydrogens is 775 g/mol. The molecule has 0 aliphatic heterocycles. The number of hydrogen-bond acceptors (Lipinski definition) is 15. The Balaban J connectivity index is 0.920. The summed E-state index contributed by atoms with van der Waals surface area (Å²) in [4.78, 5) is 62.0. The van der Waals surface area contributed by atoms with E-state index in [1.807, 2.05) is 70.1 Å². The van der Waals surface area contributed by atoms with E-state index in [9.17, 15) is 19.2 Å². The van der Waals surface area contributed by atoms with Crippen LogP contribution in [0.3, 0.4) is 0 Å².